The molecule has 114 valence electrons. The van der Waals surface area contributed by atoms with E-state index in [1.54, 1.807) is 5.32 Å². The molecule has 1 aromatic heterocycles. The van der Waals surface area contributed by atoms with Gasteiger partial charge >= 0.3 is 6.18 Å². The highest BCUT2D eigenvalue weighted by Gasteiger charge is 2.30. The number of aromatic amines is 1. The number of amides is 1. The van der Waals surface area contributed by atoms with Gasteiger partial charge in [-0.25, -0.2) is 8.42 Å². The molecular formula is C9H13F3N4O3S. The molecular weight excluding hydrogens is 301 g/mol. The minimum absolute atomic E-state index is 0.136. The second kappa shape index (κ2) is 5.79. The number of aryl methyl sites for hydroxylation is 1. The zero-order chi connectivity index (χ0) is 15.6. The Morgan fingerprint density at radius 3 is 2.55 bits per heavy atom. The highest BCUT2D eigenvalue weighted by molar-refractivity contribution is 7.89. The van der Waals surface area contributed by atoms with Gasteiger partial charge in [-0.1, -0.05) is 0 Å². The van der Waals surface area contributed by atoms with Crippen molar-refractivity contribution >= 4 is 15.9 Å². The standard InChI is InChI=1S/C9H13F3N4O3S/c1-6-7(3-14-15-6)20(18,19)16(2)4-8(17)13-5-9(10,11)12/h3H,4-5H2,1-2H3,(H,13,17)(H,14,15). The monoisotopic (exact) mass is 314 g/mol. The number of H-pyrrole nitrogens is 1. The van der Waals surface area contributed by atoms with E-state index in [1.807, 2.05) is 0 Å². The Bertz CT molecular complexity index is 582. The molecule has 1 heterocycles. The van der Waals surface area contributed by atoms with Crippen LogP contribution in [0.3, 0.4) is 0 Å². The summed E-state index contributed by atoms with van der Waals surface area (Å²) in [7, 11) is -2.89. The molecule has 7 nitrogen and oxygen atoms in total. The van der Waals surface area contributed by atoms with Crippen molar-refractivity contribution in [1.82, 2.24) is 19.8 Å². The van der Waals surface area contributed by atoms with Crippen LogP contribution in [0.4, 0.5) is 13.2 Å². The van der Waals surface area contributed by atoms with Gasteiger partial charge in [0.15, 0.2) is 0 Å². The molecule has 0 atom stereocenters. The van der Waals surface area contributed by atoms with Crippen molar-refractivity contribution in [3.05, 3.63) is 11.9 Å². The first-order valence-electron chi connectivity index (χ1n) is 5.34. The normalized spacial score (nSPS) is 12.7. The van der Waals surface area contributed by atoms with E-state index >= 15 is 0 Å². The summed E-state index contributed by atoms with van der Waals surface area (Å²) < 4.78 is 60.4. The van der Waals surface area contributed by atoms with Crippen LogP contribution in [0.1, 0.15) is 5.69 Å². The minimum atomic E-state index is -4.55. The van der Waals surface area contributed by atoms with Crippen LogP contribution in [-0.4, -0.2) is 55.1 Å². The smallest absolute Gasteiger partial charge is 0.346 e. The fraction of sp³-hybridized carbons (Fsp3) is 0.556. The second-order valence-electron chi connectivity index (χ2n) is 4.01. The summed E-state index contributed by atoms with van der Waals surface area (Å²) >= 11 is 0. The largest absolute Gasteiger partial charge is 0.405 e. The number of carbonyl (C=O) groups excluding carboxylic acids is 1. The van der Waals surface area contributed by atoms with E-state index in [1.165, 1.54) is 6.92 Å². The van der Waals surface area contributed by atoms with Gasteiger partial charge < -0.3 is 5.32 Å². The predicted molar refractivity (Wildman–Crippen MR) is 62.2 cm³/mol. The molecule has 0 saturated carbocycles. The van der Waals surface area contributed by atoms with E-state index in [0.29, 0.717) is 4.31 Å². The van der Waals surface area contributed by atoms with E-state index in [0.717, 1.165) is 13.2 Å². The number of hydrogen-bond donors (Lipinski definition) is 2. The third kappa shape index (κ3) is 4.20. The fourth-order valence-electron chi connectivity index (χ4n) is 1.31. The van der Waals surface area contributed by atoms with E-state index in [9.17, 15) is 26.4 Å². The molecule has 0 aliphatic carbocycles. The van der Waals surface area contributed by atoms with Crippen molar-refractivity contribution in [1.29, 1.82) is 0 Å². The Balaban J connectivity index is 2.69. The Morgan fingerprint density at radius 2 is 2.10 bits per heavy atom. The minimum Gasteiger partial charge on any atom is -0.346 e. The summed E-state index contributed by atoms with van der Waals surface area (Å²) in [5, 5.41) is 7.55. The molecule has 1 aromatic rings. The number of hydrogen-bond acceptors (Lipinski definition) is 4. The molecule has 0 saturated heterocycles. The number of likely N-dealkylation sites (N-methyl/N-ethyl adjacent to an activating group) is 1. The van der Waals surface area contributed by atoms with Crippen LogP contribution in [-0.2, 0) is 14.8 Å². The molecule has 0 unspecified atom stereocenters. The number of nitrogens with one attached hydrogen (secondary N) is 2. The van der Waals surface area contributed by atoms with Gasteiger partial charge in [0.1, 0.15) is 11.4 Å². The van der Waals surface area contributed by atoms with Crippen molar-refractivity contribution in [3.63, 3.8) is 0 Å². The maximum atomic E-state index is 12.0. The van der Waals surface area contributed by atoms with Crippen LogP contribution in [0.2, 0.25) is 0 Å². The predicted octanol–water partition coefficient (Wildman–Crippen LogP) is 0.0171. The Hall–Kier alpha value is -1.62. The van der Waals surface area contributed by atoms with E-state index in [-0.39, 0.29) is 10.6 Å². The van der Waals surface area contributed by atoms with Gasteiger partial charge in [0.05, 0.1) is 18.4 Å². The zero-order valence-corrected chi connectivity index (χ0v) is 11.5. The first-order valence-corrected chi connectivity index (χ1v) is 6.78. The van der Waals surface area contributed by atoms with Crippen molar-refractivity contribution < 1.29 is 26.4 Å². The first-order chi connectivity index (χ1) is 9.04. The topological polar surface area (TPSA) is 95.2 Å². The number of rotatable bonds is 5. The van der Waals surface area contributed by atoms with Crippen molar-refractivity contribution in [2.45, 2.75) is 18.0 Å². The summed E-state index contributed by atoms with van der Waals surface area (Å²) in [6.07, 6.45) is -3.48. The average molecular weight is 314 g/mol. The molecule has 0 spiro atoms. The van der Waals surface area contributed by atoms with Crippen molar-refractivity contribution in [3.8, 4) is 0 Å². The third-order valence-electron chi connectivity index (χ3n) is 2.32. The molecule has 0 bridgehead atoms. The summed E-state index contributed by atoms with van der Waals surface area (Å²) in [5.41, 5.74) is 0.271. The number of alkyl halides is 3. The molecule has 20 heavy (non-hydrogen) atoms. The summed E-state index contributed by atoms with van der Waals surface area (Å²) in [4.78, 5) is 11.1. The molecule has 0 radical (unpaired) electrons. The number of carbonyl (C=O) groups is 1. The summed E-state index contributed by atoms with van der Waals surface area (Å²) in [6.45, 7) is -0.759. The van der Waals surface area contributed by atoms with Gasteiger partial charge in [-0.05, 0) is 6.92 Å². The lowest BCUT2D eigenvalue weighted by Gasteiger charge is -2.16. The molecule has 0 aliphatic heterocycles. The van der Waals surface area contributed by atoms with E-state index in [4.69, 9.17) is 0 Å². The van der Waals surface area contributed by atoms with Gasteiger partial charge in [-0.3, -0.25) is 9.89 Å². The zero-order valence-electron chi connectivity index (χ0n) is 10.7. The average Bonchev–Trinajstić information content (AvgIpc) is 2.72. The second-order valence-corrected chi connectivity index (χ2v) is 6.03. The summed E-state index contributed by atoms with van der Waals surface area (Å²) in [5.74, 6) is -1.05. The Morgan fingerprint density at radius 1 is 1.50 bits per heavy atom. The third-order valence-corrected chi connectivity index (χ3v) is 4.24. The first kappa shape index (κ1) is 16.4. The molecule has 1 amide bonds. The fourth-order valence-corrected chi connectivity index (χ4v) is 2.55. The number of nitrogens with zero attached hydrogens (tertiary/aromatic N) is 2. The van der Waals surface area contributed by atoms with Crippen LogP contribution in [0.5, 0.6) is 0 Å². The Labute approximate surface area is 113 Å². The van der Waals surface area contributed by atoms with Gasteiger partial charge in [0.2, 0.25) is 15.9 Å². The maximum absolute atomic E-state index is 12.0. The SMILES string of the molecule is Cc1[nH]ncc1S(=O)(=O)N(C)CC(=O)NCC(F)(F)F. The molecule has 0 aromatic carbocycles. The summed E-state index contributed by atoms with van der Waals surface area (Å²) in [6, 6.07) is 0. The maximum Gasteiger partial charge on any atom is 0.405 e. The Kier molecular flexibility index (Phi) is 4.76. The van der Waals surface area contributed by atoms with Crippen LogP contribution < -0.4 is 5.32 Å². The van der Waals surface area contributed by atoms with Crippen molar-refractivity contribution in [2.75, 3.05) is 20.1 Å². The lowest BCUT2D eigenvalue weighted by molar-refractivity contribution is -0.138. The number of halogens is 3. The highest BCUT2D eigenvalue weighted by atomic mass is 32.2. The molecule has 11 heteroatoms. The quantitative estimate of drug-likeness (QED) is 0.801. The van der Waals surface area contributed by atoms with Crippen LogP contribution in [0.25, 0.3) is 0 Å². The number of aromatic nitrogens is 2. The van der Waals surface area contributed by atoms with Gasteiger partial charge in [-0.15, -0.1) is 0 Å². The van der Waals surface area contributed by atoms with Gasteiger partial charge in [0, 0.05) is 7.05 Å². The van der Waals surface area contributed by atoms with Gasteiger partial charge in [0.25, 0.3) is 0 Å². The molecule has 1 rings (SSSR count). The van der Waals surface area contributed by atoms with Crippen LogP contribution in [0, 0.1) is 6.92 Å². The highest BCUT2D eigenvalue weighted by Crippen LogP contribution is 2.16. The lowest BCUT2D eigenvalue weighted by Crippen LogP contribution is -2.41. The molecule has 2 N–H and O–H groups in total. The molecule has 0 fully saturated rings. The molecule has 0 aliphatic rings. The van der Waals surface area contributed by atoms with Crippen molar-refractivity contribution in [2.24, 2.45) is 0 Å². The number of sulfonamides is 1. The lowest BCUT2D eigenvalue weighted by atomic mass is 10.5. The van der Waals surface area contributed by atoms with Crippen LogP contribution in [0.15, 0.2) is 11.1 Å². The van der Waals surface area contributed by atoms with Gasteiger partial charge in [-0.2, -0.15) is 22.6 Å². The van der Waals surface area contributed by atoms with Crippen LogP contribution >= 0.6 is 0 Å². The van der Waals surface area contributed by atoms with E-state index in [2.05, 4.69) is 10.2 Å². The van der Waals surface area contributed by atoms with E-state index < -0.39 is 35.2 Å².